The lowest BCUT2D eigenvalue weighted by Crippen LogP contribution is -2.11. The van der Waals surface area contributed by atoms with E-state index < -0.39 is 0 Å². The first kappa shape index (κ1) is 20.6. The highest BCUT2D eigenvalue weighted by molar-refractivity contribution is 8.00. The molecule has 28 heavy (non-hydrogen) atoms. The van der Waals surface area contributed by atoms with E-state index in [1.54, 1.807) is 11.8 Å². The number of aryl methyl sites for hydroxylation is 2. The third-order valence-corrected chi connectivity index (χ3v) is 6.44. The molecule has 2 aromatic carbocycles. The van der Waals surface area contributed by atoms with Gasteiger partial charge < -0.3 is 0 Å². The summed E-state index contributed by atoms with van der Waals surface area (Å²) in [6, 6.07) is 16.3. The number of nitrogens with zero attached hydrogens (tertiary/aromatic N) is 2. The molecule has 3 aromatic rings. The number of aromatic nitrogens is 2. The van der Waals surface area contributed by atoms with E-state index >= 15 is 0 Å². The van der Waals surface area contributed by atoms with Crippen molar-refractivity contribution < 1.29 is 4.79 Å². The van der Waals surface area contributed by atoms with Gasteiger partial charge in [-0.2, -0.15) is 0 Å². The van der Waals surface area contributed by atoms with Crippen LogP contribution < -0.4 is 5.32 Å². The van der Waals surface area contributed by atoms with Crippen molar-refractivity contribution in [2.75, 3.05) is 5.32 Å². The highest BCUT2D eigenvalue weighted by Crippen LogP contribution is 2.28. The van der Waals surface area contributed by atoms with Gasteiger partial charge in [-0.3, -0.25) is 10.1 Å². The van der Waals surface area contributed by atoms with Gasteiger partial charge in [0.2, 0.25) is 5.13 Å². The molecule has 0 unspecified atom stereocenters. The monoisotopic (exact) mass is 411 g/mol. The quantitative estimate of drug-likeness (QED) is 0.262. The smallest absolute Gasteiger partial charge is 0.257 e. The number of amides is 1. The predicted octanol–water partition coefficient (Wildman–Crippen LogP) is 6.12. The Kier molecular flexibility index (Phi) is 7.62. The lowest BCUT2D eigenvalue weighted by Gasteiger charge is -2.04. The van der Waals surface area contributed by atoms with Crippen LogP contribution in [-0.2, 0) is 12.2 Å². The average molecular weight is 412 g/mol. The molecule has 3 rings (SSSR count). The van der Waals surface area contributed by atoms with Gasteiger partial charge in [-0.1, -0.05) is 84.8 Å². The number of nitrogens with one attached hydrogen (secondary N) is 1. The lowest BCUT2D eigenvalue weighted by atomic mass is 10.1. The predicted molar refractivity (Wildman–Crippen MR) is 118 cm³/mol. The van der Waals surface area contributed by atoms with Crippen molar-refractivity contribution in [3.05, 3.63) is 70.8 Å². The van der Waals surface area contributed by atoms with E-state index in [-0.39, 0.29) is 5.91 Å². The van der Waals surface area contributed by atoms with Gasteiger partial charge in [0.05, 0.1) is 0 Å². The highest BCUT2D eigenvalue weighted by atomic mass is 32.2. The number of hydrogen-bond acceptors (Lipinski definition) is 5. The Balaban J connectivity index is 1.51. The van der Waals surface area contributed by atoms with E-state index in [1.165, 1.54) is 47.3 Å². The van der Waals surface area contributed by atoms with E-state index in [2.05, 4.69) is 53.6 Å². The van der Waals surface area contributed by atoms with Crippen molar-refractivity contribution in [3.63, 3.8) is 0 Å². The Morgan fingerprint density at radius 1 is 1.00 bits per heavy atom. The summed E-state index contributed by atoms with van der Waals surface area (Å²) in [5.41, 5.74) is 4.41. The topological polar surface area (TPSA) is 54.9 Å². The average Bonchev–Trinajstić information content (AvgIpc) is 3.15. The molecule has 0 aliphatic heterocycles. The third kappa shape index (κ3) is 6.17. The molecule has 1 aromatic heterocycles. The number of carbonyl (C=O) groups excluding carboxylic acids is 1. The summed E-state index contributed by atoms with van der Waals surface area (Å²) in [5, 5.41) is 11.6. The van der Waals surface area contributed by atoms with E-state index in [1.807, 2.05) is 24.3 Å². The number of hydrogen-bond donors (Lipinski definition) is 1. The van der Waals surface area contributed by atoms with E-state index in [0.717, 1.165) is 16.5 Å². The van der Waals surface area contributed by atoms with Crippen molar-refractivity contribution in [2.24, 2.45) is 0 Å². The molecule has 1 N–H and O–H groups in total. The number of carbonyl (C=O) groups is 1. The zero-order valence-electron chi connectivity index (χ0n) is 16.3. The van der Waals surface area contributed by atoms with Crippen LogP contribution in [0.5, 0.6) is 0 Å². The fourth-order valence-electron chi connectivity index (χ4n) is 2.72. The zero-order chi connectivity index (χ0) is 19.8. The summed E-state index contributed by atoms with van der Waals surface area (Å²) in [6.45, 7) is 4.28. The number of thioether (sulfide) groups is 1. The normalized spacial score (nSPS) is 10.8. The van der Waals surface area contributed by atoms with Crippen molar-refractivity contribution >= 4 is 34.1 Å². The summed E-state index contributed by atoms with van der Waals surface area (Å²) < 4.78 is 0.849. The molecular formula is C22H25N3OS2. The standard InChI is InChI=1S/C22H25N3OS2/c1-3-4-5-6-17-11-13-19(14-12-17)20(26)23-21-24-25-22(28-21)27-15-18-9-7-16(2)8-10-18/h7-14H,3-6,15H2,1-2H3,(H,23,24,26). The summed E-state index contributed by atoms with van der Waals surface area (Å²) in [5.74, 6) is 0.689. The summed E-state index contributed by atoms with van der Waals surface area (Å²) in [7, 11) is 0. The van der Waals surface area contributed by atoms with Crippen LogP contribution in [0, 0.1) is 6.92 Å². The van der Waals surface area contributed by atoms with Crippen LogP contribution in [0.2, 0.25) is 0 Å². The van der Waals surface area contributed by atoms with E-state index in [9.17, 15) is 4.79 Å². The second-order valence-electron chi connectivity index (χ2n) is 6.76. The van der Waals surface area contributed by atoms with Crippen LogP contribution in [0.3, 0.4) is 0 Å². The van der Waals surface area contributed by atoms with Gasteiger partial charge in [0.15, 0.2) is 4.34 Å². The molecule has 4 nitrogen and oxygen atoms in total. The Labute approximate surface area is 174 Å². The SMILES string of the molecule is CCCCCc1ccc(C(=O)Nc2nnc(SCc3ccc(C)cc3)s2)cc1. The molecule has 0 spiro atoms. The maximum absolute atomic E-state index is 12.4. The van der Waals surface area contributed by atoms with Crippen molar-refractivity contribution in [1.82, 2.24) is 10.2 Å². The van der Waals surface area contributed by atoms with Gasteiger partial charge in [-0.15, -0.1) is 10.2 Å². The molecule has 0 aliphatic rings. The van der Waals surface area contributed by atoms with Gasteiger partial charge >= 0.3 is 0 Å². The number of rotatable bonds is 9. The maximum atomic E-state index is 12.4. The second-order valence-corrected chi connectivity index (χ2v) is 8.96. The van der Waals surface area contributed by atoms with Crippen LogP contribution in [-0.4, -0.2) is 16.1 Å². The molecule has 1 heterocycles. The minimum Gasteiger partial charge on any atom is -0.296 e. The number of unbranched alkanes of at least 4 members (excludes halogenated alkanes) is 2. The van der Waals surface area contributed by atoms with Crippen molar-refractivity contribution in [2.45, 2.75) is 49.6 Å². The zero-order valence-corrected chi connectivity index (χ0v) is 17.9. The molecule has 0 atom stereocenters. The minimum atomic E-state index is -0.147. The molecule has 0 aliphatic carbocycles. The first-order valence-corrected chi connectivity index (χ1v) is 11.4. The maximum Gasteiger partial charge on any atom is 0.257 e. The van der Waals surface area contributed by atoms with E-state index in [4.69, 9.17) is 0 Å². The molecule has 6 heteroatoms. The first-order chi connectivity index (χ1) is 13.6. The Morgan fingerprint density at radius 3 is 2.43 bits per heavy atom. The summed E-state index contributed by atoms with van der Waals surface area (Å²) in [6.07, 6.45) is 4.71. The molecule has 0 bridgehead atoms. The lowest BCUT2D eigenvalue weighted by molar-refractivity contribution is 0.102. The minimum absolute atomic E-state index is 0.147. The van der Waals surface area contributed by atoms with Crippen LogP contribution in [0.4, 0.5) is 5.13 Å². The van der Waals surface area contributed by atoms with Crippen LogP contribution >= 0.6 is 23.1 Å². The molecule has 0 fully saturated rings. The largest absolute Gasteiger partial charge is 0.296 e. The molecule has 0 saturated heterocycles. The molecule has 0 radical (unpaired) electrons. The van der Waals surface area contributed by atoms with Crippen LogP contribution in [0.25, 0.3) is 0 Å². The van der Waals surface area contributed by atoms with Crippen LogP contribution in [0.1, 0.15) is 53.2 Å². The van der Waals surface area contributed by atoms with Crippen LogP contribution in [0.15, 0.2) is 52.9 Å². The molecule has 146 valence electrons. The van der Waals surface area contributed by atoms with Gasteiger partial charge in [0.1, 0.15) is 0 Å². The number of anilines is 1. The van der Waals surface area contributed by atoms with E-state index in [0.29, 0.717) is 10.7 Å². The Morgan fingerprint density at radius 2 is 1.71 bits per heavy atom. The molecule has 0 saturated carbocycles. The highest BCUT2D eigenvalue weighted by Gasteiger charge is 2.11. The second kappa shape index (κ2) is 10.4. The Bertz CT molecular complexity index is 889. The number of benzene rings is 2. The Hall–Kier alpha value is -2.18. The van der Waals surface area contributed by atoms with Gasteiger partial charge in [0.25, 0.3) is 5.91 Å². The summed E-state index contributed by atoms with van der Waals surface area (Å²) in [4.78, 5) is 12.4. The fraction of sp³-hybridized carbons (Fsp3) is 0.318. The van der Waals surface area contributed by atoms with Gasteiger partial charge in [-0.25, -0.2) is 0 Å². The van der Waals surface area contributed by atoms with Crippen molar-refractivity contribution in [3.8, 4) is 0 Å². The summed E-state index contributed by atoms with van der Waals surface area (Å²) >= 11 is 3.03. The van der Waals surface area contributed by atoms with Gasteiger partial charge in [-0.05, 0) is 43.0 Å². The van der Waals surface area contributed by atoms with Gasteiger partial charge in [0, 0.05) is 11.3 Å². The van der Waals surface area contributed by atoms with Crippen molar-refractivity contribution in [1.29, 1.82) is 0 Å². The fourth-order valence-corrected chi connectivity index (χ4v) is 4.42. The third-order valence-electron chi connectivity index (χ3n) is 4.39. The molecule has 1 amide bonds. The molecular weight excluding hydrogens is 386 g/mol. The first-order valence-electron chi connectivity index (χ1n) is 9.56.